The van der Waals surface area contributed by atoms with E-state index in [4.69, 9.17) is 10.7 Å². The fourth-order valence-electron chi connectivity index (χ4n) is 2.41. The number of carbonyl (C=O) groups excluding carboxylic acids is 1. The van der Waals surface area contributed by atoms with Crippen LogP contribution in [0.2, 0.25) is 0 Å². The van der Waals surface area contributed by atoms with E-state index in [1.165, 1.54) is 6.07 Å². The van der Waals surface area contributed by atoms with Gasteiger partial charge in [0, 0.05) is 22.8 Å². The van der Waals surface area contributed by atoms with Crippen LogP contribution in [-0.2, 0) is 9.05 Å². The minimum absolute atomic E-state index is 0.00550. The van der Waals surface area contributed by atoms with Gasteiger partial charge in [0.05, 0.1) is 4.90 Å². The predicted octanol–water partition coefficient (Wildman–Crippen LogP) is 3.15. The van der Waals surface area contributed by atoms with Crippen molar-refractivity contribution in [2.45, 2.75) is 44.9 Å². The van der Waals surface area contributed by atoms with E-state index in [1.807, 2.05) is 0 Å². The van der Waals surface area contributed by atoms with Crippen LogP contribution in [0.5, 0.6) is 0 Å². The zero-order chi connectivity index (χ0) is 15.8. The van der Waals surface area contributed by atoms with Crippen LogP contribution < -0.4 is 5.32 Å². The van der Waals surface area contributed by atoms with Gasteiger partial charge in [0.1, 0.15) is 0 Å². The fraction of sp³-hybridized carbons (Fsp3) is 0.533. The van der Waals surface area contributed by atoms with Crippen LogP contribution in [0, 0.1) is 19.3 Å². The molecule has 0 atom stereocenters. The van der Waals surface area contributed by atoms with E-state index in [9.17, 15) is 13.2 Å². The first-order valence-corrected chi connectivity index (χ1v) is 9.33. The maximum Gasteiger partial charge on any atom is 0.261 e. The van der Waals surface area contributed by atoms with Gasteiger partial charge in [-0.15, -0.1) is 0 Å². The number of rotatable bonds is 5. The van der Waals surface area contributed by atoms with Crippen LogP contribution in [0.25, 0.3) is 0 Å². The lowest BCUT2D eigenvalue weighted by molar-refractivity contribution is 0.0944. The third kappa shape index (κ3) is 3.58. The zero-order valence-electron chi connectivity index (χ0n) is 12.5. The molecule has 0 aromatic heterocycles. The Bertz CT molecular complexity index is 678. The lowest BCUT2D eigenvalue weighted by atomic mass is 10.0. The molecule has 1 aromatic carbocycles. The molecule has 21 heavy (non-hydrogen) atoms. The Kier molecular flexibility index (Phi) is 4.36. The molecular weight excluding hydrogens is 310 g/mol. The smallest absolute Gasteiger partial charge is 0.261 e. The third-order valence-corrected chi connectivity index (χ3v) is 5.92. The van der Waals surface area contributed by atoms with E-state index in [1.54, 1.807) is 19.9 Å². The molecule has 1 aliphatic rings. The van der Waals surface area contributed by atoms with Gasteiger partial charge in [-0.25, -0.2) is 8.42 Å². The number of benzene rings is 1. The Labute approximate surface area is 130 Å². The first-order valence-electron chi connectivity index (χ1n) is 7.03. The molecule has 1 aromatic rings. The van der Waals surface area contributed by atoms with Gasteiger partial charge in [-0.3, -0.25) is 4.79 Å². The van der Waals surface area contributed by atoms with Crippen molar-refractivity contribution < 1.29 is 13.2 Å². The van der Waals surface area contributed by atoms with Crippen LogP contribution in [0.4, 0.5) is 0 Å². The van der Waals surface area contributed by atoms with Gasteiger partial charge in [0.15, 0.2) is 0 Å². The fourth-order valence-corrected chi connectivity index (χ4v) is 3.69. The Morgan fingerprint density at radius 2 is 1.95 bits per heavy atom. The molecule has 4 nitrogen and oxygen atoms in total. The molecule has 2 rings (SSSR count). The van der Waals surface area contributed by atoms with E-state index < -0.39 is 9.05 Å². The van der Waals surface area contributed by atoms with Crippen molar-refractivity contribution in [2.24, 2.45) is 5.41 Å². The predicted molar refractivity (Wildman–Crippen MR) is 83.2 cm³/mol. The molecule has 0 bridgehead atoms. The average Bonchev–Trinajstić information content (AvgIpc) is 3.18. The molecule has 0 radical (unpaired) electrons. The topological polar surface area (TPSA) is 63.2 Å². The molecule has 6 heteroatoms. The third-order valence-electron chi connectivity index (χ3n) is 4.48. The first-order chi connectivity index (χ1) is 9.68. The van der Waals surface area contributed by atoms with Crippen LogP contribution in [-0.4, -0.2) is 20.9 Å². The van der Waals surface area contributed by atoms with E-state index in [2.05, 4.69) is 12.2 Å². The Morgan fingerprint density at radius 1 is 1.33 bits per heavy atom. The number of hydrogen-bond acceptors (Lipinski definition) is 3. The summed E-state index contributed by atoms with van der Waals surface area (Å²) >= 11 is 0. The lowest BCUT2D eigenvalue weighted by Crippen LogP contribution is -2.30. The summed E-state index contributed by atoms with van der Waals surface area (Å²) in [5.41, 5.74) is 1.90. The second-order valence-electron chi connectivity index (χ2n) is 5.89. The summed E-state index contributed by atoms with van der Waals surface area (Å²) in [4.78, 5) is 12.2. The maximum absolute atomic E-state index is 12.2. The summed E-state index contributed by atoms with van der Waals surface area (Å²) in [5.74, 6) is -0.251. The van der Waals surface area contributed by atoms with Crippen molar-refractivity contribution in [3.05, 3.63) is 28.8 Å². The molecule has 1 fully saturated rings. The number of amides is 1. The van der Waals surface area contributed by atoms with Crippen molar-refractivity contribution in [1.29, 1.82) is 0 Å². The zero-order valence-corrected chi connectivity index (χ0v) is 14.1. The minimum atomic E-state index is -3.86. The lowest BCUT2D eigenvalue weighted by Gasteiger charge is -2.14. The minimum Gasteiger partial charge on any atom is -0.351 e. The number of hydrogen-bond donors (Lipinski definition) is 1. The summed E-state index contributed by atoms with van der Waals surface area (Å²) in [6.07, 6.45) is 3.32. The second-order valence-corrected chi connectivity index (χ2v) is 8.42. The van der Waals surface area contributed by atoms with Gasteiger partial charge in [-0.05, 0) is 61.8 Å². The van der Waals surface area contributed by atoms with Crippen molar-refractivity contribution in [1.82, 2.24) is 5.32 Å². The molecule has 1 saturated carbocycles. The highest BCUT2D eigenvalue weighted by atomic mass is 35.7. The summed E-state index contributed by atoms with van der Waals surface area (Å²) in [6, 6.07) is 3.05. The van der Waals surface area contributed by atoms with Crippen molar-refractivity contribution in [3.63, 3.8) is 0 Å². The van der Waals surface area contributed by atoms with Gasteiger partial charge in [-0.2, -0.15) is 0 Å². The van der Waals surface area contributed by atoms with Gasteiger partial charge >= 0.3 is 0 Å². The molecule has 1 N–H and O–H groups in total. The number of carbonyl (C=O) groups is 1. The summed E-state index contributed by atoms with van der Waals surface area (Å²) < 4.78 is 23.2. The van der Waals surface area contributed by atoms with Crippen molar-refractivity contribution in [2.75, 3.05) is 6.54 Å². The van der Waals surface area contributed by atoms with E-state index in [0.717, 1.165) is 24.8 Å². The van der Waals surface area contributed by atoms with Gasteiger partial charge < -0.3 is 5.32 Å². The van der Waals surface area contributed by atoms with Crippen LogP contribution in [0.15, 0.2) is 17.0 Å². The first kappa shape index (κ1) is 16.3. The monoisotopic (exact) mass is 329 g/mol. The molecular formula is C15H20ClNO3S. The van der Waals surface area contributed by atoms with Crippen molar-refractivity contribution in [3.8, 4) is 0 Å². The molecule has 1 amide bonds. The Balaban J connectivity index is 2.24. The second kappa shape index (κ2) is 5.61. The molecule has 116 valence electrons. The summed E-state index contributed by atoms with van der Waals surface area (Å²) in [6.45, 7) is 6.21. The quantitative estimate of drug-likeness (QED) is 0.844. The molecule has 0 heterocycles. The number of halogens is 1. The Morgan fingerprint density at radius 3 is 2.43 bits per heavy atom. The Hall–Kier alpha value is -1.07. The van der Waals surface area contributed by atoms with E-state index in [-0.39, 0.29) is 16.2 Å². The molecule has 0 saturated heterocycles. The normalized spacial score (nSPS) is 16.6. The van der Waals surface area contributed by atoms with Crippen LogP contribution in [0.1, 0.15) is 47.7 Å². The van der Waals surface area contributed by atoms with Gasteiger partial charge in [0.25, 0.3) is 15.0 Å². The van der Waals surface area contributed by atoms with Gasteiger partial charge in [0.2, 0.25) is 0 Å². The molecule has 0 spiro atoms. The number of aryl methyl sites for hydroxylation is 1. The highest BCUT2D eigenvalue weighted by Crippen LogP contribution is 2.47. The number of nitrogens with one attached hydrogen (secondary N) is 1. The molecule has 0 unspecified atom stereocenters. The average molecular weight is 330 g/mol. The van der Waals surface area contributed by atoms with Gasteiger partial charge in [-0.1, -0.05) is 6.92 Å². The van der Waals surface area contributed by atoms with E-state index in [0.29, 0.717) is 17.7 Å². The highest BCUT2D eigenvalue weighted by molar-refractivity contribution is 8.13. The largest absolute Gasteiger partial charge is 0.351 e. The maximum atomic E-state index is 12.2. The van der Waals surface area contributed by atoms with E-state index >= 15 is 0 Å². The summed E-state index contributed by atoms with van der Waals surface area (Å²) in [5, 5.41) is 2.90. The SMILES string of the molecule is CCC1(CNC(=O)c2cc(C)c(C)c(S(=O)(=O)Cl)c2)CC1. The van der Waals surface area contributed by atoms with Crippen LogP contribution >= 0.6 is 10.7 Å². The molecule has 1 aliphatic carbocycles. The highest BCUT2D eigenvalue weighted by Gasteiger charge is 2.40. The van der Waals surface area contributed by atoms with Crippen LogP contribution in [0.3, 0.4) is 0 Å². The molecule has 0 aliphatic heterocycles. The van der Waals surface area contributed by atoms with Crippen molar-refractivity contribution >= 4 is 25.6 Å². The standard InChI is InChI=1S/C15H20ClNO3S/c1-4-15(5-6-15)9-17-14(18)12-7-10(2)11(3)13(8-12)21(16,19)20/h7-8H,4-6,9H2,1-3H3,(H,17,18). The summed E-state index contributed by atoms with van der Waals surface area (Å²) in [7, 11) is 1.58.